The van der Waals surface area contributed by atoms with E-state index >= 15 is 0 Å². The molecular formula is C13H23ClN4O. The van der Waals surface area contributed by atoms with Gasteiger partial charge in [0.2, 0.25) is 0 Å². The Morgan fingerprint density at radius 3 is 2.84 bits per heavy atom. The minimum atomic E-state index is -0.0402. The molecule has 0 unspecified atom stereocenters. The number of hydrogen-bond acceptors (Lipinski definition) is 3. The highest BCUT2D eigenvalue weighted by Gasteiger charge is 2.15. The predicted molar refractivity (Wildman–Crippen MR) is 77.7 cm³/mol. The molecule has 1 aliphatic heterocycles. The van der Waals surface area contributed by atoms with E-state index in [0.717, 1.165) is 19.6 Å². The van der Waals surface area contributed by atoms with E-state index in [-0.39, 0.29) is 24.4 Å². The zero-order valence-electron chi connectivity index (χ0n) is 11.6. The van der Waals surface area contributed by atoms with Crippen LogP contribution in [0.3, 0.4) is 0 Å². The largest absolute Gasteiger partial charge is 0.350 e. The first-order chi connectivity index (χ1) is 8.65. The van der Waals surface area contributed by atoms with E-state index in [9.17, 15) is 4.79 Å². The second-order valence-electron chi connectivity index (χ2n) is 5.27. The van der Waals surface area contributed by atoms with E-state index in [1.165, 1.54) is 12.8 Å². The summed E-state index contributed by atoms with van der Waals surface area (Å²) >= 11 is 0. The molecule has 2 heterocycles. The highest BCUT2D eigenvalue weighted by atomic mass is 35.5. The molecule has 6 heteroatoms. The van der Waals surface area contributed by atoms with Gasteiger partial charge in [-0.25, -0.2) is 0 Å². The average Bonchev–Trinajstić information content (AvgIpc) is 2.78. The van der Waals surface area contributed by atoms with Crippen LogP contribution in [-0.2, 0) is 6.54 Å². The standard InChI is InChI=1S/C13H22N4O.ClH/c1-10(2)16-13(18)12-7-15-17(9-12)8-11-3-5-14-6-4-11;/h7,9-11,14H,3-6,8H2,1-2H3,(H,16,18);1H. The van der Waals surface area contributed by atoms with Gasteiger partial charge >= 0.3 is 0 Å². The van der Waals surface area contributed by atoms with Crippen molar-refractivity contribution in [1.82, 2.24) is 20.4 Å². The fourth-order valence-electron chi connectivity index (χ4n) is 2.26. The summed E-state index contributed by atoms with van der Waals surface area (Å²) in [4.78, 5) is 11.8. The highest BCUT2D eigenvalue weighted by molar-refractivity contribution is 5.93. The number of halogens is 1. The molecule has 1 aromatic rings. The summed E-state index contributed by atoms with van der Waals surface area (Å²) < 4.78 is 1.89. The summed E-state index contributed by atoms with van der Waals surface area (Å²) in [6.45, 7) is 7.00. The summed E-state index contributed by atoms with van der Waals surface area (Å²) in [5, 5.41) is 10.5. The summed E-state index contributed by atoms with van der Waals surface area (Å²) in [7, 11) is 0. The van der Waals surface area contributed by atoms with Gasteiger partial charge in [-0.15, -0.1) is 12.4 Å². The van der Waals surface area contributed by atoms with Crippen molar-refractivity contribution < 1.29 is 4.79 Å². The van der Waals surface area contributed by atoms with Crippen molar-refractivity contribution in [1.29, 1.82) is 0 Å². The van der Waals surface area contributed by atoms with Crippen LogP contribution in [0.5, 0.6) is 0 Å². The first-order valence-corrected chi connectivity index (χ1v) is 6.69. The molecule has 1 saturated heterocycles. The lowest BCUT2D eigenvalue weighted by Crippen LogP contribution is -2.30. The Balaban J connectivity index is 0.00000180. The number of hydrogen-bond donors (Lipinski definition) is 2. The number of carbonyl (C=O) groups is 1. The van der Waals surface area contributed by atoms with Crippen LogP contribution in [-0.4, -0.2) is 34.8 Å². The SMILES string of the molecule is CC(C)NC(=O)c1cnn(CC2CCNCC2)c1.Cl. The molecule has 19 heavy (non-hydrogen) atoms. The molecule has 0 atom stereocenters. The Bertz CT molecular complexity index is 399. The van der Waals surface area contributed by atoms with Gasteiger partial charge in [-0.3, -0.25) is 9.48 Å². The summed E-state index contributed by atoms with van der Waals surface area (Å²) in [6, 6.07) is 0.158. The fourth-order valence-corrected chi connectivity index (χ4v) is 2.26. The molecule has 0 radical (unpaired) electrons. The van der Waals surface area contributed by atoms with Crippen molar-refractivity contribution in [2.24, 2.45) is 5.92 Å². The molecule has 0 aliphatic carbocycles. The molecule has 0 saturated carbocycles. The van der Waals surface area contributed by atoms with Crippen LogP contribution in [0.15, 0.2) is 12.4 Å². The van der Waals surface area contributed by atoms with Crippen LogP contribution >= 0.6 is 12.4 Å². The minimum absolute atomic E-state index is 0. The molecule has 0 spiro atoms. The summed E-state index contributed by atoms with van der Waals surface area (Å²) in [6.07, 6.45) is 5.87. The Morgan fingerprint density at radius 2 is 2.21 bits per heavy atom. The normalized spacial score (nSPS) is 16.2. The third-order valence-corrected chi connectivity index (χ3v) is 3.22. The van der Waals surface area contributed by atoms with Crippen LogP contribution < -0.4 is 10.6 Å². The minimum Gasteiger partial charge on any atom is -0.350 e. The molecule has 5 nitrogen and oxygen atoms in total. The van der Waals surface area contributed by atoms with Crippen molar-refractivity contribution in [2.75, 3.05) is 13.1 Å². The third-order valence-electron chi connectivity index (χ3n) is 3.22. The summed E-state index contributed by atoms with van der Waals surface area (Å²) in [5.74, 6) is 0.633. The van der Waals surface area contributed by atoms with Gasteiger partial charge in [-0.1, -0.05) is 0 Å². The Morgan fingerprint density at radius 1 is 1.53 bits per heavy atom. The molecule has 1 aliphatic rings. The third kappa shape index (κ3) is 4.84. The van der Waals surface area contributed by atoms with E-state index in [4.69, 9.17) is 0 Å². The van der Waals surface area contributed by atoms with Gasteiger partial charge in [0.15, 0.2) is 0 Å². The van der Waals surface area contributed by atoms with Crippen LogP contribution in [0.1, 0.15) is 37.0 Å². The smallest absolute Gasteiger partial charge is 0.254 e. The first kappa shape index (κ1) is 16.0. The molecule has 108 valence electrons. The Hall–Kier alpha value is -1.07. The molecule has 0 aromatic carbocycles. The van der Waals surface area contributed by atoms with E-state index < -0.39 is 0 Å². The lowest BCUT2D eigenvalue weighted by molar-refractivity contribution is 0.0943. The second-order valence-corrected chi connectivity index (χ2v) is 5.27. The van der Waals surface area contributed by atoms with Gasteiger partial charge in [0.25, 0.3) is 5.91 Å². The second kappa shape index (κ2) is 7.50. The molecule has 0 bridgehead atoms. The van der Waals surface area contributed by atoms with Gasteiger partial charge in [0.1, 0.15) is 0 Å². The quantitative estimate of drug-likeness (QED) is 0.881. The molecule has 1 aromatic heterocycles. The van der Waals surface area contributed by atoms with E-state index in [2.05, 4.69) is 15.7 Å². The maximum absolute atomic E-state index is 11.8. The van der Waals surface area contributed by atoms with Gasteiger partial charge in [0.05, 0.1) is 11.8 Å². The van der Waals surface area contributed by atoms with Gasteiger partial charge in [0, 0.05) is 18.8 Å². The highest BCUT2D eigenvalue weighted by Crippen LogP contribution is 2.14. The zero-order valence-corrected chi connectivity index (χ0v) is 12.4. The lowest BCUT2D eigenvalue weighted by Gasteiger charge is -2.22. The van der Waals surface area contributed by atoms with Gasteiger partial charge < -0.3 is 10.6 Å². The number of aromatic nitrogens is 2. The van der Waals surface area contributed by atoms with Crippen molar-refractivity contribution in [2.45, 2.75) is 39.3 Å². The van der Waals surface area contributed by atoms with Crippen molar-refractivity contribution in [3.63, 3.8) is 0 Å². The molecule has 2 N–H and O–H groups in total. The van der Waals surface area contributed by atoms with Gasteiger partial charge in [-0.05, 0) is 45.7 Å². The van der Waals surface area contributed by atoms with Gasteiger partial charge in [-0.2, -0.15) is 5.10 Å². The fraction of sp³-hybridized carbons (Fsp3) is 0.692. The van der Waals surface area contributed by atoms with Crippen molar-refractivity contribution in [3.05, 3.63) is 18.0 Å². The maximum Gasteiger partial charge on any atom is 0.254 e. The number of piperidine rings is 1. The zero-order chi connectivity index (χ0) is 13.0. The lowest BCUT2D eigenvalue weighted by atomic mass is 9.98. The van der Waals surface area contributed by atoms with E-state index in [0.29, 0.717) is 11.5 Å². The van der Waals surface area contributed by atoms with Crippen molar-refractivity contribution in [3.8, 4) is 0 Å². The Kier molecular flexibility index (Phi) is 6.31. The Labute approximate surface area is 120 Å². The average molecular weight is 287 g/mol. The van der Waals surface area contributed by atoms with Crippen LogP contribution in [0, 0.1) is 5.92 Å². The molecular weight excluding hydrogens is 264 g/mol. The van der Waals surface area contributed by atoms with E-state index in [1.807, 2.05) is 24.7 Å². The number of nitrogens with zero attached hydrogens (tertiary/aromatic N) is 2. The first-order valence-electron chi connectivity index (χ1n) is 6.69. The van der Waals surface area contributed by atoms with Crippen molar-refractivity contribution >= 4 is 18.3 Å². The predicted octanol–water partition coefficient (Wildman–Crippen LogP) is 1.44. The van der Waals surface area contributed by atoms with Crippen LogP contribution in [0.25, 0.3) is 0 Å². The maximum atomic E-state index is 11.8. The van der Waals surface area contributed by atoms with Crippen LogP contribution in [0.2, 0.25) is 0 Å². The number of nitrogens with one attached hydrogen (secondary N) is 2. The number of carbonyl (C=O) groups excluding carboxylic acids is 1. The topological polar surface area (TPSA) is 59.0 Å². The molecule has 1 amide bonds. The van der Waals surface area contributed by atoms with E-state index in [1.54, 1.807) is 6.20 Å². The molecule has 1 fully saturated rings. The summed E-state index contributed by atoms with van der Waals surface area (Å²) in [5.41, 5.74) is 0.651. The monoisotopic (exact) mass is 286 g/mol. The molecule has 2 rings (SSSR count). The van der Waals surface area contributed by atoms with Crippen LogP contribution in [0.4, 0.5) is 0 Å². The number of amides is 1. The number of rotatable bonds is 4.